The van der Waals surface area contributed by atoms with E-state index in [0.29, 0.717) is 42.5 Å². The number of H-pyrrole nitrogens is 1. The highest BCUT2D eigenvalue weighted by atomic mass is 16.5. The van der Waals surface area contributed by atoms with Gasteiger partial charge in [-0.1, -0.05) is 12.1 Å². The number of allylic oxidation sites excluding steroid dienone is 1. The van der Waals surface area contributed by atoms with Gasteiger partial charge in [-0.3, -0.25) is 19.5 Å². The maximum Gasteiger partial charge on any atom is 0.277 e. The lowest BCUT2D eigenvalue weighted by Crippen LogP contribution is -2.39. The molecule has 0 aliphatic carbocycles. The molecule has 0 spiro atoms. The van der Waals surface area contributed by atoms with Crippen LogP contribution in [0, 0.1) is 6.92 Å². The Morgan fingerprint density at radius 2 is 2.00 bits per heavy atom. The van der Waals surface area contributed by atoms with Crippen molar-refractivity contribution < 1.29 is 9.53 Å². The number of carbonyl (C=O) groups excluding carboxylic acids is 1. The molecule has 2 aliphatic heterocycles. The summed E-state index contributed by atoms with van der Waals surface area (Å²) in [5, 5.41) is 1.65. The molecule has 0 atom stereocenters. The molecule has 0 amide bonds. The van der Waals surface area contributed by atoms with Crippen molar-refractivity contribution in [3.63, 3.8) is 0 Å². The first kappa shape index (κ1) is 19.4. The summed E-state index contributed by atoms with van der Waals surface area (Å²) in [6.45, 7) is 7.05. The maximum atomic E-state index is 12.8. The predicted molar refractivity (Wildman–Crippen MR) is 112 cm³/mol. The Balaban J connectivity index is 1.69. The number of aryl methyl sites for hydroxylation is 1. The fourth-order valence-corrected chi connectivity index (χ4v) is 3.61. The number of hydrogen-bond donors (Lipinski definition) is 2. The van der Waals surface area contributed by atoms with Gasteiger partial charge >= 0.3 is 0 Å². The first-order valence-electron chi connectivity index (χ1n) is 9.69. The van der Waals surface area contributed by atoms with E-state index in [9.17, 15) is 9.59 Å². The van der Waals surface area contributed by atoms with E-state index in [0.717, 1.165) is 29.8 Å². The van der Waals surface area contributed by atoms with E-state index < -0.39 is 0 Å². The number of rotatable bonds is 4. The van der Waals surface area contributed by atoms with E-state index in [-0.39, 0.29) is 11.3 Å². The molecule has 2 aromatic rings. The van der Waals surface area contributed by atoms with Crippen molar-refractivity contribution in [2.75, 3.05) is 44.9 Å². The van der Waals surface area contributed by atoms with Crippen LogP contribution in [-0.2, 0) is 4.74 Å². The summed E-state index contributed by atoms with van der Waals surface area (Å²) in [5.74, 6) is 0.517. The molecule has 2 aliphatic rings. The summed E-state index contributed by atoms with van der Waals surface area (Å²) in [6.07, 6.45) is 1.81. The minimum atomic E-state index is -0.225. The van der Waals surface area contributed by atoms with E-state index in [1.165, 1.54) is 0 Å². The highest BCUT2D eigenvalue weighted by Gasteiger charge is 2.22. The van der Waals surface area contributed by atoms with Gasteiger partial charge in [0.2, 0.25) is 0 Å². The zero-order valence-electron chi connectivity index (χ0n) is 16.9. The number of morpholine rings is 1. The van der Waals surface area contributed by atoms with Crippen molar-refractivity contribution in [2.24, 2.45) is 0 Å². The van der Waals surface area contributed by atoms with Crippen LogP contribution in [-0.4, -0.2) is 60.5 Å². The van der Waals surface area contributed by atoms with Gasteiger partial charge in [-0.25, -0.2) is 4.98 Å². The fraction of sp³-hybridized carbons (Fsp3) is 0.381. The van der Waals surface area contributed by atoms with Crippen molar-refractivity contribution in [3.05, 3.63) is 51.6 Å². The highest BCUT2D eigenvalue weighted by molar-refractivity contribution is 5.98. The molecule has 8 nitrogen and oxygen atoms in total. The molecule has 1 aromatic heterocycles. The van der Waals surface area contributed by atoms with Crippen LogP contribution in [0.1, 0.15) is 28.5 Å². The third-order valence-corrected chi connectivity index (χ3v) is 5.36. The highest BCUT2D eigenvalue weighted by Crippen LogP contribution is 2.27. The van der Waals surface area contributed by atoms with Gasteiger partial charge in [0.15, 0.2) is 5.78 Å². The predicted octanol–water partition coefficient (Wildman–Crippen LogP) is 1.58. The van der Waals surface area contributed by atoms with E-state index >= 15 is 0 Å². The van der Waals surface area contributed by atoms with E-state index in [1.807, 2.05) is 38.2 Å². The molecule has 0 saturated carbocycles. The first-order chi connectivity index (χ1) is 13.9. The van der Waals surface area contributed by atoms with Crippen LogP contribution in [0.2, 0.25) is 0 Å². The van der Waals surface area contributed by atoms with Crippen LogP contribution < -0.4 is 16.0 Å². The number of Topliss-reactive ketones (excluding diaryl/α,β-unsaturated/α-hetero) is 1. The third kappa shape index (κ3) is 3.81. The number of hydrogen-bond acceptors (Lipinski definition) is 7. The first-order valence-corrected chi connectivity index (χ1v) is 9.69. The van der Waals surface area contributed by atoms with Crippen LogP contribution in [0.4, 0.5) is 5.69 Å². The minimum Gasteiger partial charge on any atom is -0.379 e. The smallest absolute Gasteiger partial charge is 0.277 e. The second-order valence-corrected chi connectivity index (χ2v) is 7.47. The topological polar surface area (TPSA) is 90.6 Å². The number of benzene rings is 1. The Morgan fingerprint density at radius 1 is 1.24 bits per heavy atom. The lowest BCUT2D eigenvalue weighted by atomic mass is 10.0. The standard InChI is InChI=1S/C21H25N5O3/c1-13-4-5-15(17(27)12-26-6-8-29-9-7-26)10-16(13)20-23-18-14(2)11-22-25(3)19(18)21(28)24-20/h4-5,10-11,22H,6-9,12H2,1-3H3,(H,23,24,28). The lowest BCUT2D eigenvalue weighted by Gasteiger charge is -2.26. The fourth-order valence-electron chi connectivity index (χ4n) is 3.61. The van der Waals surface area contributed by atoms with Gasteiger partial charge in [-0.15, -0.1) is 0 Å². The van der Waals surface area contributed by atoms with Crippen molar-refractivity contribution in [1.29, 1.82) is 0 Å². The number of ether oxygens (including phenoxy) is 1. The largest absolute Gasteiger partial charge is 0.379 e. The number of carbonyl (C=O) groups is 1. The summed E-state index contributed by atoms with van der Waals surface area (Å²) < 4.78 is 5.35. The summed E-state index contributed by atoms with van der Waals surface area (Å²) >= 11 is 0. The summed E-state index contributed by atoms with van der Waals surface area (Å²) in [4.78, 5) is 35.2. The monoisotopic (exact) mass is 395 g/mol. The Morgan fingerprint density at radius 3 is 2.76 bits per heavy atom. The summed E-state index contributed by atoms with van der Waals surface area (Å²) in [7, 11) is 1.77. The van der Waals surface area contributed by atoms with Crippen molar-refractivity contribution in [3.8, 4) is 11.4 Å². The number of anilines is 1. The average molecular weight is 395 g/mol. The van der Waals surface area contributed by atoms with Gasteiger partial charge in [0.05, 0.1) is 19.8 Å². The number of aromatic amines is 1. The molecule has 0 radical (unpaired) electrons. The Bertz CT molecular complexity index is 1040. The number of aromatic nitrogens is 2. The van der Waals surface area contributed by atoms with Crippen LogP contribution in [0.3, 0.4) is 0 Å². The normalized spacial score (nSPS) is 16.8. The van der Waals surface area contributed by atoms with Gasteiger partial charge in [0, 0.05) is 37.5 Å². The van der Waals surface area contributed by atoms with E-state index in [4.69, 9.17) is 9.72 Å². The molecule has 29 heavy (non-hydrogen) atoms. The van der Waals surface area contributed by atoms with Crippen molar-refractivity contribution >= 4 is 17.0 Å². The zero-order valence-corrected chi connectivity index (χ0v) is 16.9. The molecule has 2 N–H and O–H groups in total. The average Bonchev–Trinajstić information content (AvgIpc) is 2.71. The second-order valence-electron chi connectivity index (χ2n) is 7.47. The molecule has 0 bridgehead atoms. The van der Waals surface area contributed by atoms with E-state index in [2.05, 4.69) is 15.3 Å². The summed E-state index contributed by atoms with van der Waals surface area (Å²) in [5.41, 5.74) is 7.09. The zero-order chi connectivity index (χ0) is 20.5. The third-order valence-electron chi connectivity index (χ3n) is 5.36. The molecule has 1 aromatic carbocycles. The van der Waals surface area contributed by atoms with Gasteiger partial charge in [0.1, 0.15) is 17.2 Å². The molecule has 0 unspecified atom stereocenters. The Labute approximate surface area is 169 Å². The van der Waals surface area contributed by atoms with Crippen LogP contribution >= 0.6 is 0 Å². The Kier molecular flexibility index (Phi) is 5.21. The number of ketones is 1. The SMILES string of the molecule is CC1=CNN(C)c2c1nc(-c1cc(C(=O)CN3CCOCC3)ccc1C)[nH]c2=O. The van der Waals surface area contributed by atoms with Crippen molar-refractivity contribution in [2.45, 2.75) is 13.8 Å². The van der Waals surface area contributed by atoms with Crippen LogP contribution in [0.15, 0.2) is 29.2 Å². The molecular formula is C21H25N5O3. The minimum absolute atomic E-state index is 0.0495. The van der Waals surface area contributed by atoms with Crippen LogP contribution in [0.25, 0.3) is 17.0 Å². The maximum absolute atomic E-state index is 12.8. The van der Waals surface area contributed by atoms with Gasteiger partial charge in [-0.05, 0) is 31.1 Å². The molecular weight excluding hydrogens is 370 g/mol. The molecule has 1 fully saturated rings. The van der Waals surface area contributed by atoms with Crippen LogP contribution in [0.5, 0.6) is 0 Å². The quantitative estimate of drug-likeness (QED) is 0.760. The lowest BCUT2D eigenvalue weighted by molar-refractivity contribution is 0.0371. The number of nitrogens with one attached hydrogen (secondary N) is 2. The van der Waals surface area contributed by atoms with Crippen molar-refractivity contribution in [1.82, 2.24) is 20.3 Å². The van der Waals surface area contributed by atoms with Gasteiger partial charge in [-0.2, -0.15) is 0 Å². The molecule has 1 saturated heterocycles. The second kappa shape index (κ2) is 7.81. The number of fused-ring (bicyclic) bond motifs is 1. The van der Waals surface area contributed by atoms with Gasteiger partial charge < -0.3 is 15.1 Å². The Hall–Kier alpha value is -2.97. The summed E-state index contributed by atoms with van der Waals surface area (Å²) in [6, 6.07) is 5.56. The molecule has 8 heteroatoms. The number of nitrogens with zero attached hydrogens (tertiary/aromatic N) is 3. The van der Waals surface area contributed by atoms with E-state index in [1.54, 1.807) is 12.1 Å². The molecule has 152 valence electrons. The number of hydrazine groups is 1. The molecule has 4 rings (SSSR count). The van der Waals surface area contributed by atoms with Gasteiger partial charge in [0.25, 0.3) is 5.56 Å². The molecule has 3 heterocycles.